The second-order valence-corrected chi connectivity index (χ2v) is 6.16. The molecule has 0 radical (unpaired) electrons. The molecule has 0 bridgehead atoms. The fourth-order valence-electron chi connectivity index (χ4n) is 2.14. The van der Waals surface area contributed by atoms with E-state index in [9.17, 15) is 4.79 Å². The Morgan fingerprint density at radius 3 is 2.44 bits per heavy atom. The number of hydrogen-bond acceptors (Lipinski definition) is 6. The molecular weight excluding hydrogens is 338 g/mol. The van der Waals surface area contributed by atoms with Gasteiger partial charge in [0.25, 0.3) is 5.91 Å². The molecule has 0 spiro atoms. The standard InChI is InChI=1S/C18H17N3O3S/c1-12(24-15-11-7-6-10-14(15)23-2)16(22)19-18-21-20-17(25-18)13-8-4-3-5-9-13/h3-12H,1-2H3,(H,19,21,22)/t12-/m0/s1. The maximum Gasteiger partial charge on any atom is 0.266 e. The first kappa shape index (κ1) is 16.9. The number of benzene rings is 2. The lowest BCUT2D eigenvalue weighted by Crippen LogP contribution is -2.30. The molecule has 0 fully saturated rings. The molecular formula is C18H17N3O3S. The zero-order valence-electron chi connectivity index (χ0n) is 13.8. The monoisotopic (exact) mass is 355 g/mol. The highest BCUT2D eigenvalue weighted by atomic mass is 32.1. The van der Waals surface area contributed by atoms with Gasteiger partial charge in [-0.1, -0.05) is 53.8 Å². The normalized spacial score (nSPS) is 11.6. The lowest BCUT2D eigenvalue weighted by Gasteiger charge is -2.15. The van der Waals surface area contributed by atoms with E-state index in [0.29, 0.717) is 16.6 Å². The van der Waals surface area contributed by atoms with Gasteiger partial charge in [0, 0.05) is 5.56 Å². The molecule has 0 saturated carbocycles. The maximum absolute atomic E-state index is 12.3. The van der Waals surface area contributed by atoms with E-state index in [4.69, 9.17) is 9.47 Å². The van der Waals surface area contributed by atoms with Gasteiger partial charge in [-0.3, -0.25) is 10.1 Å². The van der Waals surface area contributed by atoms with Crippen molar-refractivity contribution in [2.75, 3.05) is 12.4 Å². The average Bonchev–Trinajstić information content (AvgIpc) is 3.11. The van der Waals surface area contributed by atoms with Crippen LogP contribution in [0, 0.1) is 0 Å². The number of ether oxygens (including phenoxy) is 2. The minimum Gasteiger partial charge on any atom is -0.493 e. The first-order valence-corrected chi connectivity index (χ1v) is 8.48. The number of methoxy groups -OCH3 is 1. The third-order valence-electron chi connectivity index (χ3n) is 3.42. The number of nitrogens with zero attached hydrogens (tertiary/aromatic N) is 2. The Balaban J connectivity index is 1.65. The Hall–Kier alpha value is -2.93. The van der Waals surface area contributed by atoms with Crippen LogP contribution in [-0.2, 0) is 4.79 Å². The molecule has 7 heteroatoms. The van der Waals surface area contributed by atoms with Crippen LogP contribution >= 0.6 is 11.3 Å². The lowest BCUT2D eigenvalue weighted by atomic mass is 10.2. The Bertz CT molecular complexity index is 852. The van der Waals surface area contributed by atoms with Crippen LogP contribution in [-0.4, -0.2) is 29.3 Å². The summed E-state index contributed by atoms with van der Waals surface area (Å²) < 4.78 is 10.9. The molecule has 0 aliphatic heterocycles. The molecule has 6 nitrogen and oxygen atoms in total. The largest absolute Gasteiger partial charge is 0.493 e. The van der Waals surface area contributed by atoms with E-state index >= 15 is 0 Å². The van der Waals surface area contributed by atoms with E-state index in [1.807, 2.05) is 42.5 Å². The second kappa shape index (κ2) is 7.76. The van der Waals surface area contributed by atoms with Gasteiger partial charge in [0.15, 0.2) is 17.6 Å². The van der Waals surface area contributed by atoms with Crippen molar-refractivity contribution in [2.45, 2.75) is 13.0 Å². The molecule has 0 unspecified atom stereocenters. The first-order valence-electron chi connectivity index (χ1n) is 7.67. The van der Waals surface area contributed by atoms with E-state index < -0.39 is 6.10 Å². The van der Waals surface area contributed by atoms with Gasteiger partial charge in [-0.15, -0.1) is 10.2 Å². The van der Waals surface area contributed by atoms with Gasteiger partial charge < -0.3 is 9.47 Å². The quantitative estimate of drug-likeness (QED) is 0.731. The highest BCUT2D eigenvalue weighted by Gasteiger charge is 2.18. The van der Waals surface area contributed by atoms with E-state index in [-0.39, 0.29) is 5.91 Å². The summed E-state index contributed by atoms with van der Waals surface area (Å²) in [6, 6.07) is 16.9. The number of hydrogen-bond donors (Lipinski definition) is 1. The average molecular weight is 355 g/mol. The summed E-state index contributed by atoms with van der Waals surface area (Å²) in [6.45, 7) is 1.67. The molecule has 1 amide bonds. The third kappa shape index (κ3) is 4.13. The maximum atomic E-state index is 12.3. The predicted molar refractivity (Wildman–Crippen MR) is 97.1 cm³/mol. The van der Waals surface area contributed by atoms with Gasteiger partial charge in [-0.25, -0.2) is 0 Å². The SMILES string of the molecule is COc1ccccc1O[C@@H](C)C(=O)Nc1nnc(-c2ccccc2)s1. The molecule has 0 aliphatic carbocycles. The van der Waals surface area contributed by atoms with Crippen LogP contribution < -0.4 is 14.8 Å². The summed E-state index contributed by atoms with van der Waals surface area (Å²) in [7, 11) is 1.55. The number of anilines is 1. The van der Waals surface area contributed by atoms with Crippen molar-refractivity contribution >= 4 is 22.4 Å². The molecule has 1 aromatic heterocycles. The van der Waals surface area contributed by atoms with Crippen LogP contribution in [0.1, 0.15) is 6.92 Å². The fourth-order valence-corrected chi connectivity index (χ4v) is 2.89. The summed E-state index contributed by atoms with van der Waals surface area (Å²) in [6.07, 6.45) is -0.708. The van der Waals surface area contributed by atoms with Gasteiger partial charge in [0.05, 0.1) is 7.11 Å². The van der Waals surface area contributed by atoms with Crippen molar-refractivity contribution in [2.24, 2.45) is 0 Å². The molecule has 25 heavy (non-hydrogen) atoms. The van der Waals surface area contributed by atoms with Crippen LogP contribution in [0.2, 0.25) is 0 Å². The lowest BCUT2D eigenvalue weighted by molar-refractivity contribution is -0.122. The van der Waals surface area contributed by atoms with E-state index in [1.54, 1.807) is 26.2 Å². The number of carbonyl (C=O) groups is 1. The zero-order valence-corrected chi connectivity index (χ0v) is 14.6. The number of amides is 1. The van der Waals surface area contributed by atoms with Crippen LogP contribution in [0.4, 0.5) is 5.13 Å². The molecule has 3 aromatic rings. The molecule has 3 rings (SSSR count). The van der Waals surface area contributed by atoms with Gasteiger partial charge in [-0.2, -0.15) is 0 Å². The summed E-state index contributed by atoms with van der Waals surface area (Å²) in [5.74, 6) is 0.779. The molecule has 0 aliphatic rings. The highest BCUT2D eigenvalue weighted by Crippen LogP contribution is 2.28. The smallest absolute Gasteiger partial charge is 0.266 e. The van der Waals surface area contributed by atoms with Crippen molar-refractivity contribution in [3.8, 4) is 22.1 Å². The van der Waals surface area contributed by atoms with Crippen molar-refractivity contribution in [3.05, 3.63) is 54.6 Å². The Labute approximate surface area is 149 Å². The number of carbonyl (C=O) groups excluding carboxylic acids is 1. The second-order valence-electron chi connectivity index (χ2n) is 5.18. The topological polar surface area (TPSA) is 73.3 Å². The molecule has 0 saturated heterocycles. The molecule has 1 N–H and O–H groups in total. The van der Waals surface area contributed by atoms with E-state index in [2.05, 4.69) is 15.5 Å². The number of rotatable bonds is 6. The van der Waals surface area contributed by atoms with Gasteiger partial charge in [0.1, 0.15) is 5.01 Å². The number of aromatic nitrogens is 2. The molecule has 1 atom stereocenters. The van der Waals surface area contributed by atoms with Gasteiger partial charge >= 0.3 is 0 Å². The zero-order chi connectivity index (χ0) is 17.6. The van der Waals surface area contributed by atoms with E-state index in [1.165, 1.54) is 11.3 Å². The van der Waals surface area contributed by atoms with Crippen molar-refractivity contribution in [1.29, 1.82) is 0 Å². The van der Waals surface area contributed by atoms with Crippen LogP contribution in [0.15, 0.2) is 54.6 Å². The van der Waals surface area contributed by atoms with E-state index in [0.717, 1.165) is 10.6 Å². The van der Waals surface area contributed by atoms with Crippen LogP contribution in [0.5, 0.6) is 11.5 Å². The third-order valence-corrected chi connectivity index (χ3v) is 4.31. The van der Waals surface area contributed by atoms with Crippen molar-refractivity contribution in [3.63, 3.8) is 0 Å². The molecule has 1 heterocycles. The number of nitrogens with one attached hydrogen (secondary N) is 1. The number of para-hydroxylation sites is 2. The Morgan fingerprint density at radius 1 is 1.04 bits per heavy atom. The van der Waals surface area contributed by atoms with Gasteiger partial charge in [0.2, 0.25) is 5.13 Å². The van der Waals surface area contributed by atoms with Gasteiger partial charge in [-0.05, 0) is 19.1 Å². The Kier molecular flexibility index (Phi) is 5.25. The minimum atomic E-state index is -0.708. The fraction of sp³-hybridized carbons (Fsp3) is 0.167. The van der Waals surface area contributed by atoms with Crippen molar-refractivity contribution < 1.29 is 14.3 Å². The summed E-state index contributed by atoms with van der Waals surface area (Å²) in [5, 5.41) is 12.0. The predicted octanol–water partition coefficient (Wildman–Crippen LogP) is 3.62. The first-order chi connectivity index (χ1) is 12.2. The van der Waals surface area contributed by atoms with Crippen LogP contribution in [0.3, 0.4) is 0 Å². The summed E-state index contributed by atoms with van der Waals surface area (Å²) >= 11 is 1.31. The highest BCUT2D eigenvalue weighted by molar-refractivity contribution is 7.18. The minimum absolute atomic E-state index is 0.304. The summed E-state index contributed by atoms with van der Waals surface area (Å²) in [4.78, 5) is 12.3. The molecule has 128 valence electrons. The van der Waals surface area contributed by atoms with Crippen LogP contribution in [0.25, 0.3) is 10.6 Å². The summed E-state index contributed by atoms with van der Waals surface area (Å²) in [5.41, 5.74) is 0.957. The molecule has 2 aromatic carbocycles. The van der Waals surface area contributed by atoms with Crippen molar-refractivity contribution in [1.82, 2.24) is 10.2 Å². The Morgan fingerprint density at radius 2 is 1.72 bits per heavy atom.